The number of aromatic nitrogens is 4. The van der Waals surface area contributed by atoms with Gasteiger partial charge in [-0.05, 0) is 84.7 Å². The molecular weight excluding hydrogens is 878 g/mol. The van der Waals surface area contributed by atoms with Gasteiger partial charge in [-0.1, -0.05) is 66.4 Å². The van der Waals surface area contributed by atoms with Gasteiger partial charge in [0.05, 0.1) is 88.8 Å². The van der Waals surface area contributed by atoms with E-state index in [0.717, 1.165) is 44.7 Å². The maximum atomic E-state index is 10.8. The molecular formula is C51H54N4O9Zn. The molecule has 8 bridgehead atoms. The normalized spacial score (nSPS) is 11.9. The topological polar surface area (TPSA) is 148 Å². The Morgan fingerprint density at radius 3 is 1.62 bits per heavy atom. The SMILES string of the molecule is COCCOCCOCCOc1cccc(-c2c3nc(c(C#CC(C)(C)O)c4ccc([n-]4)c(-c4cccc(OCCOCCOCCOC)c4)c4nc(cc5ccc2[n-]5)C=C4)C=C3)c1.[Zn+2]. The molecule has 5 aromatic rings. The van der Waals surface area contributed by atoms with E-state index in [1.807, 2.05) is 103 Å². The minimum absolute atomic E-state index is 0. The van der Waals surface area contributed by atoms with Crippen molar-refractivity contribution in [2.45, 2.75) is 19.4 Å². The number of benzene rings is 2. The van der Waals surface area contributed by atoms with Crippen molar-refractivity contribution in [3.63, 3.8) is 0 Å². The summed E-state index contributed by atoms with van der Waals surface area (Å²) in [5.41, 5.74) is 8.17. The van der Waals surface area contributed by atoms with Gasteiger partial charge in [-0.25, -0.2) is 9.97 Å². The van der Waals surface area contributed by atoms with Crippen LogP contribution in [-0.2, 0) is 47.9 Å². The van der Waals surface area contributed by atoms with Crippen molar-refractivity contribution in [2.75, 3.05) is 93.5 Å². The second kappa shape index (κ2) is 24.7. The van der Waals surface area contributed by atoms with Crippen molar-refractivity contribution >= 4 is 46.4 Å². The van der Waals surface area contributed by atoms with Crippen LogP contribution < -0.4 is 19.4 Å². The molecule has 0 spiro atoms. The Bertz CT molecular complexity index is 2570. The summed E-state index contributed by atoms with van der Waals surface area (Å²) >= 11 is 0. The first kappa shape index (κ1) is 49.0. The van der Waals surface area contributed by atoms with Gasteiger partial charge in [0.25, 0.3) is 0 Å². The Hall–Kier alpha value is -5.46. The van der Waals surface area contributed by atoms with Gasteiger partial charge in [-0.2, -0.15) is 0 Å². The van der Waals surface area contributed by atoms with Crippen LogP contribution in [0.5, 0.6) is 11.5 Å². The van der Waals surface area contributed by atoms with Crippen molar-refractivity contribution in [1.82, 2.24) is 19.9 Å². The summed E-state index contributed by atoms with van der Waals surface area (Å²) < 4.78 is 44.6. The number of rotatable bonds is 22. The van der Waals surface area contributed by atoms with Crippen LogP contribution in [0.15, 0.2) is 78.9 Å². The summed E-state index contributed by atoms with van der Waals surface area (Å²) in [6, 6.07) is 25.5. The Labute approximate surface area is 392 Å². The molecule has 0 atom stereocenters. The van der Waals surface area contributed by atoms with Gasteiger partial charge in [-0.3, -0.25) is 0 Å². The predicted molar refractivity (Wildman–Crippen MR) is 249 cm³/mol. The third kappa shape index (κ3) is 14.3. The van der Waals surface area contributed by atoms with E-state index in [4.69, 9.17) is 57.8 Å². The van der Waals surface area contributed by atoms with Gasteiger partial charge >= 0.3 is 19.5 Å². The Morgan fingerprint density at radius 1 is 0.538 bits per heavy atom. The molecule has 0 saturated heterocycles. The molecule has 0 saturated carbocycles. The molecule has 1 N–H and O–H groups in total. The van der Waals surface area contributed by atoms with Crippen LogP contribution in [0.4, 0.5) is 0 Å². The molecule has 7 rings (SSSR count). The Kier molecular flexibility index (Phi) is 18.6. The third-order valence-corrected chi connectivity index (χ3v) is 9.77. The van der Waals surface area contributed by atoms with Crippen LogP contribution in [-0.4, -0.2) is 114 Å². The summed E-state index contributed by atoms with van der Waals surface area (Å²) in [7, 11) is 3.29. The number of fused-ring (bicyclic) bond motifs is 8. The van der Waals surface area contributed by atoms with Crippen LogP contribution >= 0.6 is 0 Å². The van der Waals surface area contributed by atoms with Gasteiger partial charge in [-0.15, -0.1) is 22.1 Å². The predicted octanol–water partition coefficient (Wildman–Crippen LogP) is 7.48. The fraction of sp³-hybridized carbons (Fsp3) is 0.333. The Balaban J connectivity index is 0.00000700. The maximum Gasteiger partial charge on any atom is 2.00 e. The van der Waals surface area contributed by atoms with Crippen LogP contribution in [0.3, 0.4) is 0 Å². The van der Waals surface area contributed by atoms with Crippen molar-refractivity contribution in [1.29, 1.82) is 0 Å². The summed E-state index contributed by atoms with van der Waals surface area (Å²) in [5.74, 6) is 7.59. The zero-order valence-electron chi connectivity index (χ0n) is 37.5. The van der Waals surface area contributed by atoms with E-state index in [-0.39, 0.29) is 19.5 Å². The minimum atomic E-state index is -1.27. The molecule has 0 amide bonds. The van der Waals surface area contributed by atoms with Gasteiger partial charge in [0, 0.05) is 19.8 Å². The number of ether oxygens (including phenoxy) is 8. The van der Waals surface area contributed by atoms with Gasteiger partial charge in [0.1, 0.15) is 30.3 Å². The summed E-state index contributed by atoms with van der Waals surface area (Å²) in [5, 5.41) is 10.8. The zero-order chi connectivity index (χ0) is 44.6. The molecule has 2 aliphatic heterocycles. The molecule has 13 nitrogen and oxygen atoms in total. The molecule has 3 aromatic heterocycles. The fourth-order valence-corrected chi connectivity index (χ4v) is 6.80. The van der Waals surface area contributed by atoms with Crippen molar-refractivity contribution in [3.05, 3.63) is 107 Å². The standard InChI is InChI=1S/C51H54N4O9.Zn/c1-51(2,56)20-19-42-43-15-17-47(54-43)49(36-7-5-9-40(33-36)63-31-29-61-27-25-59-23-21-57-3)45-13-11-38(52-45)35-39-12-14-46(53-39)50(48-18-16-44(42)55-48)37-8-6-10-41(34-37)64-32-30-62-28-26-60-24-22-58-4;/h5-18,33-35,56H,21-32H2,1-4H3;/q-2;+2. The fourth-order valence-electron chi connectivity index (χ4n) is 6.80. The molecule has 0 unspecified atom stereocenters. The van der Waals surface area contributed by atoms with Crippen LogP contribution in [0.25, 0.3) is 68.6 Å². The molecule has 65 heavy (non-hydrogen) atoms. The molecule has 14 heteroatoms. The van der Waals surface area contributed by atoms with Crippen LogP contribution in [0.2, 0.25) is 0 Å². The quantitative estimate of drug-likeness (QED) is 0.0407. The largest absolute Gasteiger partial charge is 2.00 e. The van der Waals surface area contributed by atoms with E-state index >= 15 is 0 Å². The second-order valence-electron chi connectivity index (χ2n) is 15.2. The number of methoxy groups -OCH3 is 2. The molecule has 0 radical (unpaired) electrons. The maximum absolute atomic E-state index is 10.8. The molecule has 2 aliphatic rings. The van der Waals surface area contributed by atoms with Gasteiger partial charge < -0.3 is 53.0 Å². The first-order valence-electron chi connectivity index (χ1n) is 21.3. The van der Waals surface area contributed by atoms with E-state index in [9.17, 15) is 5.11 Å². The number of hydrogen-bond donors (Lipinski definition) is 1. The van der Waals surface area contributed by atoms with Crippen LogP contribution in [0.1, 0.15) is 42.2 Å². The van der Waals surface area contributed by atoms with E-state index < -0.39 is 5.60 Å². The summed E-state index contributed by atoms with van der Waals surface area (Å²) in [6.07, 6.45) is 7.85. The van der Waals surface area contributed by atoms with Crippen LogP contribution in [0, 0.1) is 11.8 Å². The molecule has 0 fully saturated rings. The molecule has 2 aromatic carbocycles. The molecule has 334 valence electrons. The summed E-state index contributed by atoms with van der Waals surface area (Å²) in [4.78, 5) is 20.5. The Morgan fingerprint density at radius 2 is 1.03 bits per heavy atom. The summed E-state index contributed by atoms with van der Waals surface area (Å²) in [6.45, 7) is 8.92. The van der Waals surface area contributed by atoms with E-state index in [1.165, 1.54) is 0 Å². The number of aliphatic hydroxyl groups is 1. The second-order valence-corrected chi connectivity index (χ2v) is 15.2. The molecule has 5 heterocycles. The van der Waals surface area contributed by atoms with Crippen molar-refractivity contribution in [2.24, 2.45) is 0 Å². The van der Waals surface area contributed by atoms with Crippen molar-refractivity contribution < 1.29 is 62.5 Å². The number of nitrogens with zero attached hydrogens (tertiary/aromatic N) is 4. The zero-order valence-corrected chi connectivity index (χ0v) is 40.5. The van der Waals surface area contributed by atoms with Gasteiger partial charge in [0.2, 0.25) is 0 Å². The van der Waals surface area contributed by atoms with E-state index in [0.29, 0.717) is 119 Å². The monoisotopic (exact) mass is 930 g/mol. The smallest absolute Gasteiger partial charge is 0.657 e. The third-order valence-electron chi connectivity index (χ3n) is 9.77. The average Bonchev–Trinajstić information content (AvgIpc) is 4.13. The first-order chi connectivity index (χ1) is 31.3. The van der Waals surface area contributed by atoms with Crippen molar-refractivity contribution in [3.8, 4) is 45.6 Å². The average molecular weight is 932 g/mol. The van der Waals surface area contributed by atoms with E-state index in [1.54, 1.807) is 28.1 Å². The first-order valence-corrected chi connectivity index (χ1v) is 21.3. The van der Waals surface area contributed by atoms with E-state index in [2.05, 4.69) is 11.8 Å². The van der Waals surface area contributed by atoms with Gasteiger partial charge in [0.15, 0.2) is 0 Å². The minimum Gasteiger partial charge on any atom is -0.657 e. The number of hydrogen-bond acceptors (Lipinski definition) is 11. The molecule has 0 aliphatic carbocycles.